The predicted molar refractivity (Wildman–Crippen MR) is 99.1 cm³/mol. The smallest absolute Gasteiger partial charge is 0.185 e. The van der Waals surface area contributed by atoms with Gasteiger partial charge in [0.1, 0.15) is 16.2 Å². The van der Waals surface area contributed by atoms with Gasteiger partial charge in [-0.3, -0.25) is 5.10 Å². The molecule has 0 atom stereocenters. The predicted octanol–water partition coefficient (Wildman–Crippen LogP) is 4.71. The van der Waals surface area contributed by atoms with E-state index in [9.17, 15) is 4.39 Å². The van der Waals surface area contributed by atoms with Gasteiger partial charge in [-0.2, -0.15) is 5.10 Å². The molecule has 126 valence electrons. The first kappa shape index (κ1) is 15.7. The molecular formula is C18H16FN5S. The molecule has 0 aliphatic carbocycles. The fourth-order valence-corrected chi connectivity index (χ4v) is 3.61. The fourth-order valence-electron chi connectivity index (χ4n) is 2.63. The van der Waals surface area contributed by atoms with Crippen LogP contribution in [0.5, 0.6) is 0 Å². The van der Waals surface area contributed by atoms with E-state index in [0.29, 0.717) is 17.3 Å². The van der Waals surface area contributed by atoms with Crippen LogP contribution in [0.3, 0.4) is 0 Å². The van der Waals surface area contributed by atoms with E-state index >= 15 is 0 Å². The number of pyridine rings is 1. The molecule has 0 spiro atoms. The highest BCUT2D eigenvalue weighted by atomic mass is 32.1. The SMILES string of the molecule is CC(C)Nc1nc2ccc(-c3cn[nH]c3-c3ccccc3F)nc2s1. The van der Waals surface area contributed by atoms with Crippen molar-refractivity contribution >= 4 is 26.8 Å². The van der Waals surface area contributed by atoms with Crippen LogP contribution in [0.1, 0.15) is 13.8 Å². The molecule has 0 amide bonds. The summed E-state index contributed by atoms with van der Waals surface area (Å²) in [5.74, 6) is -0.296. The molecule has 7 heteroatoms. The van der Waals surface area contributed by atoms with E-state index in [1.165, 1.54) is 17.4 Å². The first-order chi connectivity index (χ1) is 12.1. The second-order valence-corrected chi connectivity index (χ2v) is 6.95. The van der Waals surface area contributed by atoms with Crippen molar-refractivity contribution in [2.45, 2.75) is 19.9 Å². The number of benzene rings is 1. The van der Waals surface area contributed by atoms with Gasteiger partial charge < -0.3 is 5.32 Å². The molecule has 0 aliphatic rings. The highest BCUT2D eigenvalue weighted by Gasteiger charge is 2.15. The van der Waals surface area contributed by atoms with Crippen molar-refractivity contribution in [3.63, 3.8) is 0 Å². The number of nitrogens with zero attached hydrogens (tertiary/aromatic N) is 3. The number of thiazole rings is 1. The Morgan fingerprint density at radius 2 is 1.92 bits per heavy atom. The maximum atomic E-state index is 14.1. The van der Waals surface area contributed by atoms with E-state index in [4.69, 9.17) is 4.98 Å². The van der Waals surface area contributed by atoms with E-state index in [0.717, 1.165) is 26.7 Å². The number of aromatic nitrogens is 4. The minimum atomic E-state index is -0.296. The minimum Gasteiger partial charge on any atom is -0.359 e. The lowest BCUT2D eigenvalue weighted by atomic mass is 10.1. The minimum absolute atomic E-state index is 0.296. The molecule has 3 aromatic heterocycles. The molecule has 0 unspecified atom stereocenters. The Morgan fingerprint density at radius 3 is 2.72 bits per heavy atom. The lowest BCUT2D eigenvalue weighted by Crippen LogP contribution is -2.08. The third-order valence-electron chi connectivity index (χ3n) is 3.73. The third kappa shape index (κ3) is 2.98. The second kappa shape index (κ2) is 6.25. The molecule has 25 heavy (non-hydrogen) atoms. The number of rotatable bonds is 4. The maximum Gasteiger partial charge on any atom is 0.185 e. The van der Waals surface area contributed by atoms with Crippen LogP contribution in [-0.2, 0) is 0 Å². The van der Waals surface area contributed by atoms with Crippen molar-refractivity contribution in [1.29, 1.82) is 0 Å². The van der Waals surface area contributed by atoms with Crippen LogP contribution >= 0.6 is 11.3 Å². The van der Waals surface area contributed by atoms with Gasteiger partial charge in [0.2, 0.25) is 0 Å². The zero-order chi connectivity index (χ0) is 17.4. The van der Waals surface area contributed by atoms with Crippen LogP contribution in [0.2, 0.25) is 0 Å². The zero-order valence-electron chi connectivity index (χ0n) is 13.7. The fraction of sp³-hybridized carbons (Fsp3) is 0.167. The van der Waals surface area contributed by atoms with Crippen molar-refractivity contribution < 1.29 is 4.39 Å². The van der Waals surface area contributed by atoms with Gasteiger partial charge in [-0.05, 0) is 38.1 Å². The highest BCUT2D eigenvalue weighted by Crippen LogP contribution is 2.33. The molecule has 0 saturated heterocycles. The summed E-state index contributed by atoms with van der Waals surface area (Å²) in [6.07, 6.45) is 1.67. The van der Waals surface area contributed by atoms with Crippen molar-refractivity contribution in [3.05, 3.63) is 48.4 Å². The van der Waals surface area contributed by atoms with Gasteiger partial charge in [-0.1, -0.05) is 23.5 Å². The van der Waals surface area contributed by atoms with E-state index in [1.54, 1.807) is 24.4 Å². The Hall–Kier alpha value is -2.80. The van der Waals surface area contributed by atoms with Gasteiger partial charge in [-0.25, -0.2) is 14.4 Å². The summed E-state index contributed by atoms with van der Waals surface area (Å²) in [7, 11) is 0. The topological polar surface area (TPSA) is 66.5 Å². The molecule has 4 rings (SSSR count). The average Bonchev–Trinajstić information content (AvgIpc) is 3.19. The monoisotopic (exact) mass is 353 g/mol. The third-order valence-corrected chi connectivity index (χ3v) is 4.62. The van der Waals surface area contributed by atoms with Crippen molar-refractivity contribution in [2.75, 3.05) is 5.32 Å². The first-order valence-electron chi connectivity index (χ1n) is 7.94. The number of aromatic amines is 1. The molecule has 0 radical (unpaired) electrons. The van der Waals surface area contributed by atoms with Crippen molar-refractivity contribution in [3.8, 4) is 22.5 Å². The molecule has 1 aromatic carbocycles. The van der Waals surface area contributed by atoms with Gasteiger partial charge in [0.05, 0.1) is 17.6 Å². The maximum absolute atomic E-state index is 14.1. The van der Waals surface area contributed by atoms with Gasteiger partial charge >= 0.3 is 0 Å². The van der Waals surface area contributed by atoms with Crippen molar-refractivity contribution in [2.24, 2.45) is 0 Å². The summed E-state index contributed by atoms with van der Waals surface area (Å²) in [5, 5.41) is 11.1. The van der Waals surface area contributed by atoms with Crippen LogP contribution in [0.25, 0.3) is 32.9 Å². The van der Waals surface area contributed by atoms with Crippen molar-refractivity contribution in [1.82, 2.24) is 20.2 Å². The number of anilines is 1. The van der Waals surface area contributed by atoms with Crippen LogP contribution < -0.4 is 5.32 Å². The molecule has 4 aromatic rings. The largest absolute Gasteiger partial charge is 0.359 e. The summed E-state index contributed by atoms with van der Waals surface area (Å²) in [6, 6.07) is 10.7. The number of halogens is 1. The standard InChI is InChI=1S/C18H16FN5S/c1-10(2)21-18-23-15-8-7-14(22-17(15)25-18)12-9-20-24-16(12)11-5-3-4-6-13(11)19/h3-10H,1-2H3,(H,20,24)(H,21,23). The molecular weight excluding hydrogens is 337 g/mol. The molecule has 3 heterocycles. The summed E-state index contributed by atoms with van der Waals surface area (Å²) in [6.45, 7) is 4.13. The Balaban J connectivity index is 1.78. The summed E-state index contributed by atoms with van der Waals surface area (Å²) < 4.78 is 14.1. The molecule has 0 bridgehead atoms. The van der Waals surface area contributed by atoms with Crippen LogP contribution in [0.4, 0.5) is 9.52 Å². The zero-order valence-corrected chi connectivity index (χ0v) is 14.6. The molecule has 2 N–H and O–H groups in total. The van der Waals surface area contributed by atoms with E-state index < -0.39 is 0 Å². The van der Waals surface area contributed by atoms with E-state index in [-0.39, 0.29) is 5.82 Å². The Bertz CT molecular complexity index is 1040. The quantitative estimate of drug-likeness (QED) is 0.558. The molecule has 5 nitrogen and oxygen atoms in total. The van der Waals surface area contributed by atoms with Crippen LogP contribution in [0, 0.1) is 5.82 Å². The Kier molecular flexibility index (Phi) is 3.93. The summed E-state index contributed by atoms with van der Waals surface area (Å²) in [4.78, 5) is 10.1. The van der Waals surface area contributed by atoms with Gasteiger partial charge in [-0.15, -0.1) is 0 Å². The molecule has 0 saturated carbocycles. The van der Waals surface area contributed by atoms with E-state index in [2.05, 4.69) is 34.3 Å². The normalized spacial score (nSPS) is 11.4. The van der Waals surface area contributed by atoms with Crippen LogP contribution in [0.15, 0.2) is 42.6 Å². The van der Waals surface area contributed by atoms with Gasteiger partial charge in [0.25, 0.3) is 0 Å². The number of nitrogens with one attached hydrogen (secondary N) is 2. The first-order valence-corrected chi connectivity index (χ1v) is 8.76. The molecule has 0 fully saturated rings. The number of fused-ring (bicyclic) bond motifs is 1. The lowest BCUT2D eigenvalue weighted by Gasteiger charge is -2.04. The highest BCUT2D eigenvalue weighted by molar-refractivity contribution is 7.21. The van der Waals surface area contributed by atoms with Crippen LogP contribution in [-0.4, -0.2) is 26.2 Å². The van der Waals surface area contributed by atoms with Gasteiger partial charge in [0.15, 0.2) is 5.13 Å². The lowest BCUT2D eigenvalue weighted by molar-refractivity contribution is 0.630. The summed E-state index contributed by atoms with van der Waals surface area (Å²) in [5.41, 5.74) is 3.43. The van der Waals surface area contributed by atoms with Gasteiger partial charge in [0, 0.05) is 17.2 Å². The second-order valence-electron chi connectivity index (χ2n) is 5.98. The number of H-pyrrole nitrogens is 1. The number of hydrogen-bond acceptors (Lipinski definition) is 5. The average molecular weight is 353 g/mol. The number of hydrogen-bond donors (Lipinski definition) is 2. The Labute approximate surface area is 148 Å². The molecule has 0 aliphatic heterocycles. The Morgan fingerprint density at radius 1 is 1.08 bits per heavy atom. The summed E-state index contributed by atoms with van der Waals surface area (Å²) >= 11 is 1.50. The van der Waals surface area contributed by atoms with E-state index in [1.807, 2.05) is 12.1 Å².